The summed E-state index contributed by atoms with van der Waals surface area (Å²) in [6.07, 6.45) is 3.78. The van der Waals surface area contributed by atoms with Gasteiger partial charge in [0.05, 0.1) is 17.1 Å². The Labute approximate surface area is 159 Å². The van der Waals surface area contributed by atoms with Crippen LogP contribution in [0, 0.1) is 0 Å². The largest absolute Gasteiger partial charge is 0.348 e. The van der Waals surface area contributed by atoms with Crippen molar-refractivity contribution in [3.05, 3.63) is 78.2 Å². The van der Waals surface area contributed by atoms with E-state index in [4.69, 9.17) is 9.97 Å². The molecule has 0 amide bonds. The van der Waals surface area contributed by atoms with Crippen LogP contribution in [0.25, 0.3) is 16.9 Å². The van der Waals surface area contributed by atoms with E-state index in [9.17, 15) is 0 Å². The number of nitrogens with zero attached hydrogens (tertiary/aromatic N) is 4. The molecular formula is C22H23N5. The van der Waals surface area contributed by atoms with Crippen molar-refractivity contribution in [1.29, 1.82) is 0 Å². The molecule has 5 nitrogen and oxygen atoms in total. The molecule has 0 saturated carbocycles. The first-order valence-electron chi connectivity index (χ1n) is 9.36. The Balaban J connectivity index is 1.72. The number of aryl methyl sites for hydroxylation is 1. The summed E-state index contributed by atoms with van der Waals surface area (Å²) < 4.78 is 2.02. The number of rotatable bonds is 6. The first-order chi connectivity index (χ1) is 13.2. The highest BCUT2D eigenvalue weighted by Crippen LogP contribution is 2.21. The summed E-state index contributed by atoms with van der Waals surface area (Å²) in [5, 5.41) is 3.45. The summed E-state index contributed by atoms with van der Waals surface area (Å²) in [5.41, 5.74) is 4.24. The lowest BCUT2D eigenvalue weighted by atomic mass is 10.1. The molecule has 136 valence electrons. The molecule has 0 radical (unpaired) electrons. The molecule has 2 heterocycles. The van der Waals surface area contributed by atoms with Gasteiger partial charge in [-0.25, -0.2) is 9.97 Å². The standard InChI is InChI=1S/C22H23N5/c1-3-9-18-14-21(27-15-23-19-12-7-8-13-20(19)27)26-22(25-18)24-16(2)17-10-5-4-6-11-17/h4-8,10-16H,3,9H2,1-2H3,(H,24,25,26)/t16-/m0/s1. The molecule has 2 aromatic carbocycles. The normalized spacial score (nSPS) is 12.2. The van der Waals surface area contributed by atoms with Crippen LogP contribution in [-0.4, -0.2) is 19.5 Å². The third-order valence-corrected chi connectivity index (χ3v) is 4.62. The van der Waals surface area contributed by atoms with Gasteiger partial charge >= 0.3 is 0 Å². The Morgan fingerprint density at radius 1 is 1.00 bits per heavy atom. The second-order valence-corrected chi connectivity index (χ2v) is 6.67. The van der Waals surface area contributed by atoms with E-state index < -0.39 is 0 Å². The lowest BCUT2D eigenvalue weighted by molar-refractivity contribution is 0.825. The average Bonchev–Trinajstić information content (AvgIpc) is 3.13. The van der Waals surface area contributed by atoms with Gasteiger partial charge in [-0.2, -0.15) is 4.98 Å². The van der Waals surface area contributed by atoms with Gasteiger partial charge in [-0.05, 0) is 31.0 Å². The molecule has 1 N–H and O–H groups in total. The quantitative estimate of drug-likeness (QED) is 0.531. The summed E-state index contributed by atoms with van der Waals surface area (Å²) in [4.78, 5) is 14.0. The van der Waals surface area contributed by atoms with Crippen molar-refractivity contribution in [1.82, 2.24) is 19.5 Å². The summed E-state index contributed by atoms with van der Waals surface area (Å²) in [7, 11) is 0. The van der Waals surface area contributed by atoms with E-state index in [0.29, 0.717) is 5.95 Å². The predicted octanol–water partition coefficient (Wildman–Crippen LogP) is 4.94. The third kappa shape index (κ3) is 3.67. The highest BCUT2D eigenvalue weighted by Gasteiger charge is 2.12. The van der Waals surface area contributed by atoms with Crippen LogP contribution in [0.15, 0.2) is 67.0 Å². The Morgan fingerprint density at radius 3 is 2.59 bits per heavy atom. The fourth-order valence-corrected chi connectivity index (χ4v) is 3.22. The maximum atomic E-state index is 4.77. The Bertz CT molecular complexity index is 1040. The summed E-state index contributed by atoms with van der Waals surface area (Å²) in [6, 6.07) is 20.6. The molecule has 5 heteroatoms. The third-order valence-electron chi connectivity index (χ3n) is 4.62. The van der Waals surface area contributed by atoms with E-state index in [0.717, 1.165) is 35.4 Å². The number of hydrogen-bond donors (Lipinski definition) is 1. The highest BCUT2D eigenvalue weighted by atomic mass is 15.2. The molecule has 4 aromatic rings. The van der Waals surface area contributed by atoms with Gasteiger partial charge in [-0.15, -0.1) is 0 Å². The predicted molar refractivity (Wildman–Crippen MR) is 109 cm³/mol. The zero-order valence-corrected chi connectivity index (χ0v) is 15.6. The lowest BCUT2D eigenvalue weighted by Crippen LogP contribution is -2.12. The zero-order valence-electron chi connectivity index (χ0n) is 15.6. The number of fused-ring (bicyclic) bond motifs is 1. The maximum absolute atomic E-state index is 4.77. The monoisotopic (exact) mass is 357 g/mol. The van der Waals surface area contributed by atoms with Crippen LogP contribution in [0.4, 0.5) is 5.95 Å². The van der Waals surface area contributed by atoms with Crippen molar-refractivity contribution in [2.24, 2.45) is 0 Å². The van der Waals surface area contributed by atoms with E-state index in [2.05, 4.69) is 48.4 Å². The fraction of sp³-hybridized carbons (Fsp3) is 0.227. The number of para-hydroxylation sites is 2. The SMILES string of the molecule is CCCc1cc(-n2cnc3ccccc32)nc(N[C@@H](C)c2ccccc2)n1. The number of nitrogens with one attached hydrogen (secondary N) is 1. The molecule has 0 aliphatic rings. The molecule has 2 aromatic heterocycles. The molecule has 0 aliphatic heterocycles. The van der Waals surface area contributed by atoms with Crippen LogP contribution in [0.2, 0.25) is 0 Å². The molecule has 0 fully saturated rings. The van der Waals surface area contributed by atoms with Crippen LogP contribution in [0.1, 0.15) is 37.6 Å². The number of anilines is 1. The van der Waals surface area contributed by atoms with Crippen molar-refractivity contribution < 1.29 is 0 Å². The lowest BCUT2D eigenvalue weighted by Gasteiger charge is -2.16. The molecule has 1 atom stereocenters. The topological polar surface area (TPSA) is 55.6 Å². The van der Waals surface area contributed by atoms with Gasteiger partial charge in [0.15, 0.2) is 0 Å². The Kier molecular flexibility index (Phi) is 4.83. The molecule has 27 heavy (non-hydrogen) atoms. The van der Waals surface area contributed by atoms with Crippen molar-refractivity contribution in [3.63, 3.8) is 0 Å². The number of aromatic nitrogens is 4. The van der Waals surface area contributed by atoms with Gasteiger partial charge in [0.25, 0.3) is 0 Å². The fourth-order valence-electron chi connectivity index (χ4n) is 3.22. The van der Waals surface area contributed by atoms with Gasteiger partial charge in [-0.3, -0.25) is 4.57 Å². The number of imidazole rings is 1. The summed E-state index contributed by atoms with van der Waals surface area (Å²) in [5.74, 6) is 1.48. The van der Waals surface area contributed by atoms with Crippen LogP contribution in [-0.2, 0) is 6.42 Å². The van der Waals surface area contributed by atoms with Crippen molar-refractivity contribution in [2.75, 3.05) is 5.32 Å². The van der Waals surface area contributed by atoms with Gasteiger partial charge in [0.2, 0.25) is 5.95 Å². The molecule has 0 bridgehead atoms. The van der Waals surface area contributed by atoms with Gasteiger partial charge in [0.1, 0.15) is 12.1 Å². The molecule has 0 spiro atoms. The highest BCUT2D eigenvalue weighted by molar-refractivity contribution is 5.76. The second kappa shape index (κ2) is 7.58. The van der Waals surface area contributed by atoms with Crippen LogP contribution in [0.3, 0.4) is 0 Å². The first kappa shape index (κ1) is 17.2. The number of benzene rings is 2. The summed E-state index contributed by atoms with van der Waals surface area (Å²) in [6.45, 7) is 4.28. The van der Waals surface area contributed by atoms with Crippen LogP contribution >= 0.6 is 0 Å². The molecular weight excluding hydrogens is 334 g/mol. The van der Waals surface area contributed by atoms with E-state index in [1.54, 1.807) is 0 Å². The van der Waals surface area contributed by atoms with Crippen molar-refractivity contribution >= 4 is 17.0 Å². The van der Waals surface area contributed by atoms with Crippen molar-refractivity contribution in [3.8, 4) is 5.82 Å². The Morgan fingerprint density at radius 2 is 1.78 bits per heavy atom. The van der Waals surface area contributed by atoms with Gasteiger partial charge in [0, 0.05) is 11.8 Å². The van der Waals surface area contributed by atoms with Crippen molar-refractivity contribution in [2.45, 2.75) is 32.7 Å². The zero-order chi connectivity index (χ0) is 18.6. The van der Waals surface area contributed by atoms with Gasteiger partial charge in [-0.1, -0.05) is 55.8 Å². The van der Waals surface area contributed by atoms with E-state index in [-0.39, 0.29) is 6.04 Å². The molecule has 0 unspecified atom stereocenters. The van der Waals surface area contributed by atoms with E-state index in [1.165, 1.54) is 5.56 Å². The van der Waals surface area contributed by atoms with Crippen LogP contribution in [0.5, 0.6) is 0 Å². The van der Waals surface area contributed by atoms with Gasteiger partial charge < -0.3 is 5.32 Å². The van der Waals surface area contributed by atoms with Crippen LogP contribution < -0.4 is 5.32 Å². The molecule has 0 saturated heterocycles. The number of hydrogen-bond acceptors (Lipinski definition) is 4. The van der Waals surface area contributed by atoms with E-state index in [1.807, 2.05) is 47.3 Å². The smallest absolute Gasteiger partial charge is 0.225 e. The minimum absolute atomic E-state index is 0.121. The minimum atomic E-state index is 0.121. The minimum Gasteiger partial charge on any atom is -0.348 e. The Hall–Kier alpha value is -3.21. The average molecular weight is 357 g/mol. The molecule has 0 aliphatic carbocycles. The second-order valence-electron chi connectivity index (χ2n) is 6.67. The molecule has 4 rings (SSSR count). The first-order valence-corrected chi connectivity index (χ1v) is 9.36. The maximum Gasteiger partial charge on any atom is 0.225 e. The summed E-state index contributed by atoms with van der Waals surface area (Å²) >= 11 is 0. The van der Waals surface area contributed by atoms with E-state index >= 15 is 0 Å².